The third-order valence-corrected chi connectivity index (χ3v) is 2.86. The van der Waals surface area contributed by atoms with Crippen LogP contribution >= 0.6 is 0 Å². The molecule has 1 N–H and O–H groups in total. The van der Waals surface area contributed by atoms with Crippen LogP contribution in [0.2, 0.25) is 0 Å². The van der Waals surface area contributed by atoms with Crippen molar-refractivity contribution in [1.82, 2.24) is 4.90 Å². The average Bonchev–Trinajstić information content (AvgIpc) is 2.34. The Hall–Kier alpha value is -2.56. The highest BCUT2D eigenvalue weighted by molar-refractivity contribution is 6.08. The summed E-state index contributed by atoms with van der Waals surface area (Å²) in [6.07, 6.45) is 2.97. The minimum Gasteiger partial charge on any atom is -0.507 e. The maximum absolute atomic E-state index is 12.0. The van der Waals surface area contributed by atoms with E-state index in [0.29, 0.717) is 10.9 Å². The first-order valence-corrected chi connectivity index (χ1v) is 6.05. The summed E-state index contributed by atoms with van der Waals surface area (Å²) in [5, 5.41) is 10.5. The van der Waals surface area contributed by atoms with Crippen molar-refractivity contribution in [2.24, 2.45) is 0 Å². The van der Waals surface area contributed by atoms with Gasteiger partial charge in [-0.1, -0.05) is 0 Å². The van der Waals surface area contributed by atoms with Crippen molar-refractivity contribution in [3.05, 3.63) is 52.0 Å². The van der Waals surface area contributed by atoms with Gasteiger partial charge in [0.05, 0.1) is 5.56 Å². The number of nitrogens with zero attached hydrogens (tertiary/aromatic N) is 1. The first-order valence-electron chi connectivity index (χ1n) is 6.05. The Balaban J connectivity index is 2.58. The smallest absolute Gasteiger partial charge is 0.336 e. The molecule has 1 aromatic heterocycles. The zero-order valence-corrected chi connectivity index (χ0v) is 11.5. The molecule has 0 saturated heterocycles. The molecule has 2 aromatic rings. The molecule has 0 radical (unpaired) electrons. The predicted octanol–water partition coefficient (Wildman–Crippen LogP) is 2.07. The van der Waals surface area contributed by atoms with E-state index >= 15 is 0 Å². The highest BCUT2D eigenvalue weighted by Crippen LogP contribution is 2.26. The van der Waals surface area contributed by atoms with E-state index in [9.17, 15) is 14.7 Å². The predicted molar refractivity (Wildman–Crippen MR) is 76.0 cm³/mol. The largest absolute Gasteiger partial charge is 0.507 e. The molecule has 0 saturated carbocycles. The fourth-order valence-corrected chi connectivity index (χ4v) is 1.86. The summed E-state index contributed by atoms with van der Waals surface area (Å²) in [6, 6.07) is 4.18. The van der Waals surface area contributed by atoms with Gasteiger partial charge in [-0.25, -0.2) is 4.79 Å². The van der Waals surface area contributed by atoms with Gasteiger partial charge in [-0.15, -0.1) is 0 Å². The maximum Gasteiger partial charge on any atom is 0.336 e. The monoisotopic (exact) mass is 273 g/mol. The van der Waals surface area contributed by atoms with Crippen molar-refractivity contribution in [3.8, 4) is 5.75 Å². The first kappa shape index (κ1) is 13.9. The van der Waals surface area contributed by atoms with Crippen LogP contribution in [0.25, 0.3) is 11.0 Å². The number of ketones is 1. The molecule has 0 spiro atoms. The van der Waals surface area contributed by atoms with Gasteiger partial charge in [0.25, 0.3) is 0 Å². The van der Waals surface area contributed by atoms with Crippen molar-refractivity contribution in [1.29, 1.82) is 0 Å². The molecule has 1 heterocycles. The van der Waals surface area contributed by atoms with E-state index in [1.165, 1.54) is 24.3 Å². The zero-order chi connectivity index (χ0) is 14.9. The molecule has 2 rings (SSSR count). The number of benzene rings is 1. The van der Waals surface area contributed by atoms with Gasteiger partial charge in [-0.05, 0) is 18.6 Å². The van der Waals surface area contributed by atoms with E-state index in [1.54, 1.807) is 32.1 Å². The van der Waals surface area contributed by atoms with Crippen molar-refractivity contribution >= 4 is 16.8 Å². The second-order valence-electron chi connectivity index (χ2n) is 4.76. The Morgan fingerprint density at radius 2 is 2.00 bits per heavy atom. The van der Waals surface area contributed by atoms with Gasteiger partial charge in [-0.2, -0.15) is 0 Å². The van der Waals surface area contributed by atoms with Crippen molar-refractivity contribution < 1.29 is 14.3 Å². The van der Waals surface area contributed by atoms with Crippen molar-refractivity contribution in [2.45, 2.75) is 6.92 Å². The summed E-state index contributed by atoms with van der Waals surface area (Å²) < 4.78 is 5.00. The second-order valence-corrected chi connectivity index (χ2v) is 4.76. The molecule has 1 aromatic carbocycles. The Labute approximate surface area is 115 Å². The van der Waals surface area contributed by atoms with Gasteiger partial charge in [0.15, 0.2) is 5.78 Å². The second kappa shape index (κ2) is 5.21. The number of phenolic OH excluding ortho intramolecular Hbond substituents is 1. The average molecular weight is 273 g/mol. The van der Waals surface area contributed by atoms with Crippen molar-refractivity contribution in [3.63, 3.8) is 0 Å². The third-order valence-electron chi connectivity index (χ3n) is 2.86. The minimum absolute atomic E-state index is 0.174. The highest BCUT2D eigenvalue weighted by atomic mass is 16.4. The molecule has 0 bridgehead atoms. The van der Waals surface area contributed by atoms with Crippen LogP contribution in [-0.2, 0) is 0 Å². The molecular formula is C15H15NO4. The molecule has 20 heavy (non-hydrogen) atoms. The van der Waals surface area contributed by atoms with Gasteiger partial charge in [0.1, 0.15) is 11.3 Å². The van der Waals surface area contributed by atoms with Crippen LogP contribution in [0, 0.1) is 6.92 Å². The number of allylic oxidation sites excluding steroid dienone is 1. The molecule has 0 unspecified atom stereocenters. The number of aromatic hydroxyl groups is 1. The number of carbonyl (C=O) groups is 1. The van der Waals surface area contributed by atoms with Crippen LogP contribution in [-0.4, -0.2) is 29.9 Å². The normalized spacial score (nSPS) is 11.2. The molecule has 0 amide bonds. The number of aryl methyl sites for hydroxylation is 1. The fraction of sp³-hybridized carbons (Fsp3) is 0.200. The van der Waals surface area contributed by atoms with E-state index in [-0.39, 0.29) is 22.7 Å². The number of hydrogen-bond acceptors (Lipinski definition) is 5. The lowest BCUT2D eigenvalue weighted by molar-refractivity contribution is 0.104. The molecule has 5 heteroatoms. The summed E-state index contributed by atoms with van der Waals surface area (Å²) in [5.74, 6) is -0.525. The van der Waals surface area contributed by atoms with E-state index in [1.807, 2.05) is 0 Å². The first-order chi connectivity index (χ1) is 9.38. The van der Waals surface area contributed by atoms with Gasteiger partial charge in [0.2, 0.25) is 0 Å². The van der Waals surface area contributed by atoms with Gasteiger partial charge in [0, 0.05) is 43.9 Å². The molecule has 104 valence electrons. The number of carbonyl (C=O) groups excluding carboxylic acids is 1. The molecule has 0 aliphatic carbocycles. The van der Waals surface area contributed by atoms with Gasteiger partial charge >= 0.3 is 5.63 Å². The van der Waals surface area contributed by atoms with Crippen LogP contribution in [0.15, 0.2) is 39.7 Å². The summed E-state index contributed by atoms with van der Waals surface area (Å²) >= 11 is 0. The summed E-state index contributed by atoms with van der Waals surface area (Å²) in [4.78, 5) is 25.0. The number of rotatable bonds is 3. The van der Waals surface area contributed by atoms with E-state index in [4.69, 9.17) is 4.42 Å². The summed E-state index contributed by atoms with van der Waals surface area (Å²) in [7, 11) is 3.59. The van der Waals surface area contributed by atoms with E-state index < -0.39 is 5.63 Å². The summed E-state index contributed by atoms with van der Waals surface area (Å²) in [5.41, 5.74) is 0.649. The van der Waals surface area contributed by atoms with Crippen LogP contribution in [0.4, 0.5) is 0 Å². The Morgan fingerprint density at radius 1 is 1.30 bits per heavy atom. The third kappa shape index (κ3) is 2.71. The van der Waals surface area contributed by atoms with Crippen LogP contribution in [0.3, 0.4) is 0 Å². The topological polar surface area (TPSA) is 70.7 Å². The Kier molecular flexibility index (Phi) is 3.61. The lowest BCUT2D eigenvalue weighted by atomic mass is 10.0. The van der Waals surface area contributed by atoms with Crippen molar-refractivity contribution in [2.75, 3.05) is 14.1 Å². The maximum atomic E-state index is 12.0. The fourth-order valence-electron chi connectivity index (χ4n) is 1.86. The molecule has 0 atom stereocenters. The quantitative estimate of drug-likeness (QED) is 0.526. The number of fused-ring (bicyclic) bond motifs is 1. The molecule has 0 aliphatic heterocycles. The standard InChI is InChI=1S/C15H15NO4/c1-9-6-15(19)20-14-8-13(18)11(7-10(9)14)12(17)4-5-16(2)3/h4-8,18H,1-3H3/b5-4+. The molecular weight excluding hydrogens is 258 g/mol. The van der Waals surface area contributed by atoms with Gasteiger partial charge < -0.3 is 14.4 Å². The number of hydrogen-bond donors (Lipinski definition) is 1. The lowest BCUT2D eigenvalue weighted by Crippen LogP contribution is -2.04. The molecule has 5 nitrogen and oxygen atoms in total. The Morgan fingerprint density at radius 3 is 2.65 bits per heavy atom. The molecule has 0 fully saturated rings. The zero-order valence-electron chi connectivity index (χ0n) is 11.5. The van der Waals surface area contributed by atoms with E-state index in [0.717, 1.165) is 0 Å². The Bertz CT molecular complexity index is 756. The summed E-state index contributed by atoms with van der Waals surface area (Å²) in [6.45, 7) is 1.75. The van der Waals surface area contributed by atoms with Gasteiger partial charge in [-0.3, -0.25) is 4.79 Å². The van der Waals surface area contributed by atoms with E-state index in [2.05, 4.69) is 0 Å². The SMILES string of the molecule is Cc1cc(=O)oc2cc(O)c(C(=O)/C=C/N(C)C)cc12. The minimum atomic E-state index is -0.485. The lowest BCUT2D eigenvalue weighted by Gasteiger charge is -2.06. The van der Waals surface area contributed by atoms with Crippen LogP contribution < -0.4 is 5.63 Å². The number of phenols is 1. The molecule has 0 aliphatic rings. The van der Waals surface area contributed by atoms with Crippen LogP contribution in [0.1, 0.15) is 15.9 Å². The van der Waals surface area contributed by atoms with Crippen LogP contribution in [0.5, 0.6) is 5.75 Å². The highest BCUT2D eigenvalue weighted by Gasteiger charge is 2.13.